The number of fused-ring (bicyclic) bond motifs is 8. The number of benzene rings is 12. The van der Waals surface area contributed by atoms with Crippen molar-refractivity contribution in [1.82, 2.24) is 0 Å². The second-order valence-electron chi connectivity index (χ2n) is 24.3. The summed E-state index contributed by atoms with van der Waals surface area (Å²) in [7, 11) is 0. The van der Waals surface area contributed by atoms with Crippen LogP contribution in [0, 0.1) is 10.5 Å². The summed E-state index contributed by atoms with van der Waals surface area (Å²) in [5, 5.41) is 0. The molecule has 0 atom stereocenters. The summed E-state index contributed by atoms with van der Waals surface area (Å²) in [6.07, 6.45) is 6.75. The van der Waals surface area contributed by atoms with Crippen molar-refractivity contribution >= 4 is 154 Å². The SMILES string of the molecule is CCCCc1ccc(N(c2ccc(C)cc2)c2cc3c4c(c2)N(c2ccccc2)c2ccccc2B4c2cc4c(cc2O3)N(c2ccccc2)c2cc(N(c3ccc(I)cc3)c3ccc(CCCC)cc3)cc3c2B4c2ccccc2N3c2ccccc2)cc1. The predicted octanol–water partition coefficient (Wildman–Crippen LogP) is 18.7. The van der Waals surface area contributed by atoms with Crippen LogP contribution in [-0.2, 0) is 12.8 Å². The van der Waals surface area contributed by atoms with Crippen molar-refractivity contribution < 1.29 is 4.74 Å². The van der Waals surface area contributed by atoms with E-state index in [4.69, 9.17) is 4.74 Å². The molecule has 0 radical (unpaired) electrons. The molecule has 6 nitrogen and oxygen atoms in total. The number of aryl methyl sites for hydroxylation is 3. The third kappa shape index (κ3) is 9.64. The highest BCUT2D eigenvalue weighted by Gasteiger charge is 2.48. The van der Waals surface area contributed by atoms with Crippen LogP contribution >= 0.6 is 22.6 Å². The number of nitrogens with zero attached hydrogens (tertiary/aromatic N) is 5. The van der Waals surface area contributed by atoms with Crippen molar-refractivity contribution in [3.05, 3.63) is 293 Å². The van der Waals surface area contributed by atoms with E-state index in [0.717, 1.165) is 146 Å². The van der Waals surface area contributed by atoms with Crippen molar-refractivity contribution in [3.8, 4) is 11.5 Å². The molecule has 16 rings (SSSR count). The maximum absolute atomic E-state index is 7.78. The Kier molecular flexibility index (Phi) is 14.4. The van der Waals surface area contributed by atoms with E-state index in [1.54, 1.807) is 0 Å². The van der Waals surface area contributed by atoms with Crippen LogP contribution in [0.3, 0.4) is 0 Å². The van der Waals surface area contributed by atoms with Gasteiger partial charge in [0.05, 0.1) is 11.4 Å². The zero-order chi connectivity index (χ0) is 60.4. The second-order valence-corrected chi connectivity index (χ2v) is 25.6. The topological polar surface area (TPSA) is 25.4 Å². The average Bonchev–Trinajstić information content (AvgIpc) is 0.696. The molecule has 90 heavy (non-hydrogen) atoms. The number of halogens is 1. The Bertz CT molecular complexity index is 4650. The summed E-state index contributed by atoms with van der Waals surface area (Å²) >= 11 is 2.43. The largest absolute Gasteiger partial charge is 0.458 e. The molecule has 0 aromatic heterocycles. The third-order valence-corrected chi connectivity index (χ3v) is 19.4. The summed E-state index contributed by atoms with van der Waals surface area (Å²) in [6.45, 7) is 6.38. The first-order valence-electron chi connectivity index (χ1n) is 31.9. The minimum Gasteiger partial charge on any atom is -0.458 e. The minimum atomic E-state index is -0.163. The molecule has 12 aromatic carbocycles. The first-order chi connectivity index (χ1) is 44.4. The molecule has 0 aliphatic carbocycles. The predicted molar refractivity (Wildman–Crippen MR) is 390 cm³/mol. The van der Waals surface area contributed by atoms with Crippen LogP contribution in [0.1, 0.15) is 56.2 Å². The second kappa shape index (κ2) is 23.3. The van der Waals surface area contributed by atoms with Crippen LogP contribution in [0.2, 0.25) is 0 Å². The molecule has 0 saturated heterocycles. The van der Waals surface area contributed by atoms with Gasteiger partial charge < -0.3 is 29.2 Å². The zero-order valence-electron chi connectivity index (χ0n) is 50.9. The molecule has 12 aromatic rings. The molecule has 0 amide bonds. The average molecular weight is 1270 g/mol. The van der Waals surface area contributed by atoms with E-state index in [1.807, 2.05) is 0 Å². The molecule has 0 N–H and O–H groups in total. The molecule has 0 unspecified atom stereocenters. The first kappa shape index (κ1) is 55.6. The van der Waals surface area contributed by atoms with Crippen LogP contribution in [0.15, 0.2) is 273 Å². The fourth-order valence-electron chi connectivity index (χ4n) is 14.5. The normalized spacial score (nSPS) is 12.9. The van der Waals surface area contributed by atoms with Gasteiger partial charge in [0.2, 0.25) is 0 Å². The van der Waals surface area contributed by atoms with E-state index in [9.17, 15) is 0 Å². The Labute approximate surface area is 543 Å². The maximum Gasteiger partial charge on any atom is 0.256 e. The number of para-hydroxylation sites is 5. The lowest BCUT2D eigenvalue weighted by atomic mass is 9.30. The van der Waals surface area contributed by atoms with Gasteiger partial charge in [-0.2, -0.15) is 0 Å². The molecule has 434 valence electrons. The highest BCUT2D eigenvalue weighted by molar-refractivity contribution is 14.1. The Morgan fingerprint density at radius 2 is 0.744 bits per heavy atom. The van der Waals surface area contributed by atoms with E-state index in [2.05, 4.69) is 341 Å². The van der Waals surface area contributed by atoms with Crippen LogP contribution < -0.4 is 62.0 Å². The number of hydrogen-bond donors (Lipinski definition) is 0. The van der Waals surface area contributed by atoms with Gasteiger partial charge in [0.15, 0.2) is 0 Å². The fourth-order valence-corrected chi connectivity index (χ4v) is 14.9. The van der Waals surface area contributed by atoms with Gasteiger partial charge in [-0.1, -0.05) is 166 Å². The summed E-state index contributed by atoms with van der Waals surface area (Å²) in [4.78, 5) is 12.4. The molecular formula is C81H66B2IN5O. The van der Waals surface area contributed by atoms with Gasteiger partial charge in [-0.05, 0) is 226 Å². The third-order valence-electron chi connectivity index (χ3n) is 18.7. The minimum absolute atomic E-state index is 0.149. The standard InChI is InChI=1S/C81H66B2IN5O/c1-4-6-21-56-35-43-63(44-36-56)85(65-47-39-58(84)40-48-65)66-49-75-80-76(50-66)89(61-27-15-10-16-28-61)74-54-78-71(53-70(74)82(80)68-29-17-19-31-72(68)87(75)59-23-11-8-12-24-59)83-69-30-18-20-32-73(69)88(60-25-13-9-14-26-60)77-51-67(52-79(90-78)81(77)83)86(62-41-33-55(3)34-42-62)64-45-37-57(38-46-64)22-7-5-2/h8-20,23-54H,4-7,21-22H2,1-3H3. The van der Waals surface area contributed by atoms with Gasteiger partial charge in [0.25, 0.3) is 13.4 Å². The van der Waals surface area contributed by atoms with Crippen LogP contribution in [-0.4, -0.2) is 13.4 Å². The Morgan fingerprint density at radius 3 is 1.22 bits per heavy atom. The molecule has 9 heteroatoms. The van der Waals surface area contributed by atoms with Gasteiger partial charge in [0.1, 0.15) is 11.5 Å². The lowest BCUT2D eigenvalue weighted by molar-refractivity contribution is 0.488. The van der Waals surface area contributed by atoms with Gasteiger partial charge in [-0.25, -0.2) is 0 Å². The number of rotatable bonds is 15. The van der Waals surface area contributed by atoms with Gasteiger partial charge >= 0.3 is 0 Å². The van der Waals surface area contributed by atoms with Gasteiger partial charge in [-0.15, -0.1) is 0 Å². The lowest BCUT2D eigenvalue weighted by Crippen LogP contribution is -2.64. The van der Waals surface area contributed by atoms with E-state index in [-0.39, 0.29) is 13.4 Å². The van der Waals surface area contributed by atoms with Gasteiger partial charge in [-0.3, -0.25) is 0 Å². The van der Waals surface area contributed by atoms with Crippen molar-refractivity contribution in [2.24, 2.45) is 0 Å². The molecule has 4 aliphatic rings. The number of ether oxygens (including phenoxy) is 1. The smallest absolute Gasteiger partial charge is 0.256 e. The quantitative estimate of drug-likeness (QED) is 0.0750. The zero-order valence-corrected chi connectivity index (χ0v) is 53.1. The Morgan fingerprint density at radius 1 is 0.344 bits per heavy atom. The monoisotopic (exact) mass is 1270 g/mol. The summed E-state index contributed by atoms with van der Waals surface area (Å²) in [6, 6.07) is 102. The highest BCUT2D eigenvalue weighted by atomic mass is 127. The Balaban J connectivity index is 0.954. The van der Waals surface area contributed by atoms with Gasteiger partial charge in [0, 0.05) is 89.6 Å². The van der Waals surface area contributed by atoms with Crippen LogP contribution in [0.25, 0.3) is 0 Å². The first-order valence-corrected chi connectivity index (χ1v) is 33.0. The number of unbranched alkanes of at least 4 members (excludes halogenated alkanes) is 2. The molecule has 0 spiro atoms. The molecule has 0 saturated carbocycles. The van der Waals surface area contributed by atoms with Crippen molar-refractivity contribution in [2.45, 2.75) is 59.3 Å². The van der Waals surface area contributed by atoms with Crippen molar-refractivity contribution in [2.75, 3.05) is 24.5 Å². The molecule has 0 bridgehead atoms. The lowest BCUT2D eigenvalue weighted by Gasteiger charge is -2.46. The maximum atomic E-state index is 7.78. The highest BCUT2D eigenvalue weighted by Crippen LogP contribution is 2.51. The summed E-state index contributed by atoms with van der Waals surface area (Å²) in [5.41, 5.74) is 27.7. The van der Waals surface area contributed by atoms with E-state index >= 15 is 0 Å². The van der Waals surface area contributed by atoms with E-state index in [1.165, 1.54) is 42.1 Å². The number of hydrogen-bond acceptors (Lipinski definition) is 6. The molecular weight excluding hydrogens is 1210 g/mol. The van der Waals surface area contributed by atoms with Crippen LogP contribution in [0.5, 0.6) is 11.5 Å². The number of anilines is 15. The van der Waals surface area contributed by atoms with Crippen molar-refractivity contribution in [1.29, 1.82) is 0 Å². The summed E-state index contributed by atoms with van der Waals surface area (Å²) < 4.78 is 8.97. The van der Waals surface area contributed by atoms with E-state index in [0.29, 0.717) is 0 Å². The molecule has 4 heterocycles. The molecule has 4 aliphatic heterocycles. The fraction of sp³-hybridized carbons (Fsp3) is 0.111. The summed E-state index contributed by atoms with van der Waals surface area (Å²) in [5.74, 6) is 1.69. The molecule has 0 fully saturated rings. The van der Waals surface area contributed by atoms with Crippen LogP contribution in [0.4, 0.5) is 85.3 Å². The van der Waals surface area contributed by atoms with Crippen molar-refractivity contribution in [3.63, 3.8) is 0 Å². The Hall–Kier alpha value is -9.70. The van der Waals surface area contributed by atoms with E-state index < -0.39 is 0 Å².